The molecule has 4 nitrogen and oxygen atoms in total. The van der Waals surface area contributed by atoms with Crippen LogP contribution in [0.1, 0.15) is 12.5 Å². The predicted molar refractivity (Wildman–Crippen MR) is 85.4 cm³/mol. The summed E-state index contributed by atoms with van der Waals surface area (Å²) in [5, 5.41) is 0. The summed E-state index contributed by atoms with van der Waals surface area (Å²) in [5.41, 5.74) is -0.205. The lowest BCUT2D eigenvalue weighted by atomic mass is 10.3. The molecule has 0 spiro atoms. The number of rotatable bonds is 4. The number of aromatic nitrogens is 2. The van der Waals surface area contributed by atoms with Gasteiger partial charge >= 0.3 is 6.18 Å². The minimum atomic E-state index is -4.55. The van der Waals surface area contributed by atoms with Crippen LogP contribution in [0.4, 0.5) is 24.8 Å². The lowest BCUT2D eigenvalue weighted by molar-refractivity contribution is -0.139. The lowest BCUT2D eigenvalue weighted by Crippen LogP contribution is -2.17. The maximum atomic E-state index is 12.9. The molecule has 2 rings (SSSR count). The van der Waals surface area contributed by atoms with Crippen LogP contribution in [0.5, 0.6) is 5.88 Å². The fraction of sp³-hybridized carbons (Fsp3) is 0.286. The summed E-state index contributed by atoms with van der Waals surface area (Å²) in [6.45, 7) is 1.69. The van der Waals surface area contributed by atoms with Crippen molar-refractivity contribution in [3.8, 4) is 5.88 Å². The largest absolute Gasteiger partial charge is 0.477 e. The molecule has 0 aliphatic rings. The zero-order valence-corrected chi connectivity index (χ0v) is 14.0. The summed E-state index contributed by atoms with van der Waals surface area (Å²) in [7, 11) is 1.68. The lowest BCUT2D eigenvalue weighted by Gasteiger charge is -2.19. The molecule has 0 aliphatic heterocycles. The van der Waals surface area contributed by atoms with Gasteiger partial charge in [-0.15, -0.1) is 0 Å². The van der Waals surface area contributed by atoms with Gasteiger partial charge in [-0.2, -0.15) is 18.2 Å². The van der Waals surface area contributed by atoms with Gasteiger partial charge in [-0.25, -0.2) is 4.98 Å². The minimum absolute atomic E-state index is 0.0898. The third-order valence-corrected chi connectivity index (χ3v) is 3.49. The van der Waals surface area contributed by atoms with Gasteiger partial charge in [0.25, 0.3) is 0 Å². The maximum Gasteiger partial charge on any atom is 0.423 e. The SMILES string of the molecule is CCOc1nc(N(C)c2cccc(I)c2)ncc1C(F)(F)F. The van der Waals surface area contributed by atoms with Gasteiger partial charge in [0.1, 0.15) is 5.56 Å². The van der Waals surface area contributed by atoms with E-state index in [1.54, 1.807) is 18.9 Å². The Bertz CT molecular complexity index is 664. The first-order chi connectivity index (χ1) is 10.3. The molecule has 1 heterocycles. The van der Waals surface area contributed by atoms with Crippen molar-refractivity contribution < 1.29 is 17.9 Å². The summed E-state index contributed by atoms with van der Waals surface area (Å²) in [4.78, 5) is 9.31. The van der Waals surface area contributed by atoms with Crippen LogP contribution < -0.4 is 9.64 Å². The normalized spacial score (nSPS) is 11.4. The number of alkyl halides is 3. The third kappa shape index (κ3) is 3.79. The maximum absolute atomic E-state index is 12.9. The summed E-state index contributed by atoms with van der Waals surface area (Å²) < 4.78 is 44.7. The van der Waals surface area contributed by atoms with Gasteiger partial charge in [0.2, 0.25) is 11.8 Å². The number of ether oxygens (including phenoxy) is 1. The second kappa shape index (κ2) is 6.67. The highest BCUT2D eigenvalue weighted by Crippen LogP contribution is 2.36. The van der Waals surface area contributed by atoms with Crippen LogP contribution in [-0.4, -0.2) is 23.6 Å². The average molecular weight is 423 g/mol. The molecule has 0 unspecified atom stereocenters. The van der Waals surface area contributed by atoms with Crippen molar-refractivity contribution in [3.63, 3.8) is 0 Å². The van der Waals surface area contributed by atoms with Gasteiger partial charge in [0.05, 0.1) is 6.61 Å². The van der Waals surface area contributed by atoms with Crippen LogP contribution in [0.25, 0.3) is 0 Å². The molecule has 0 atom stereocenters. The Morgan fingerprint density at radius 2 is 2.05 bits per heavy atom. The standard InChI is InChI=1S/C14H13F3IN3O/c1-3-22-12-11(14(15,16)17)8-19-13(20-12)21(2)10-6-4-5-9(18)7-10/h4-8H,3H2,1-2H3. The third-order valence-electron chi connectivity index (χ3n) is 2.82. The van der Waals surface area contributed by atoms with E-state index in [1.807, 2.05) is 24.3 Å². The van der Waals surface area contributed by atoms with Gasteiger partial charge in [-0.3, -0.25) is 0 Å². The molecule has 0 fully saturated rings. The molecule has 1 aromatic carbocycles. The van der Waals surface area contributed by atoms with Gasteiger partial charge in [-0.05, 0) is 47.7 Å². The summed E-state index contributed by atoms with van der Waals surface area (Å²) in [5.74, 6) is -0.323. The minimum Gasteiger partial charge on any atom is -0.477 e. The Morgan fingerprint density at radius 1 is 1.32 bits per heavy atom. The monoisotopic (exact) mass is 423 g/mol. The Labute approximate surface area is 139 Å². The van der Waals surface area contributed by atoms with E-state index in [1.165, 1.54) is 0 Å². The molecule has 0 saturated carbocycles. The van der Waals surface area contributed by atoms with Gasteiger partial charge in [0, 0.05) is 22.5 Å². The molecule has 8 heteroatoms. The van der Waals surface area contributed by atoms with Crippen molar-refractivity contribution in [2.75, 3.05) is 18.6 Å². The van der Waals surface area contributed by atoms with E-state index in [2.05, 4.69) is 32.6 Å². The van der Waals surface area contributed by atoms with E-state index in [0.717, 1.165) is 15.5 Å². The first kappa shape index (κ1) is 16.8. The van der Waals surface area contributed by atoms with Crippen LogP contribution >= 0.6 is 22.6 Å². The van der Waals surface area contributed by atoms with Crippen LogP contribution in [0.2, 0.25) is 0 Å². The van der Waals surface area contributed by atoms with Crippen molar-refractivity contribution in [3.05, 3.63) is 39.6 Å². The molecule has 0 saturated heterocycles. The molecule has 2 aromatic rings. The predicted octanol–water partition coefficient (Wildman–Crippen LogP) is 4.27. The molecular weight excluding hydrogens is 410 g/mol. The molecule has 0 N–H and O–H groups in total. The highest BCUT2D eigenvalue weighted by Gasteiger charge is 2.36. The molecule has 1 aromatic heterocycles. The fourth-order valence-corrected chi connectivity index (χ4v) is 2.29. The van der Waals surface area contributed by atoms with Gasteiger partial charge < -0.3 is 9.64 Å². The number of anilines is 2. The molecule has 0 radical (unpaired) electrons. The first-order valence-corrected chi connectivity index (χ1v) is 7.47. The van der Waals surface area contributed by atoms with E-state index in [4.69, 9.17) is 4.74 Å². The molecule has 0 aliphatic carbocycles. The van der Waals surface area contributed by atoms with E-state index in [9.17, 15) is 13.2 Å². The fourth-order valence-electron chi connectivity index (χ4n) is 1.76. The number of halogens is 4. The number of hydrogen-bond donors (Lipinski definition) is 0. The second-order valence-corrected chi connectivity index (χ2v) is 5.60. The van der Waals surface area contributed by atoms with E-state index in [0.29, 0.717) is 0 Å². The topological polar surface area (TPSA) is 38.2 Å². The Hall–Kier alpha value is -1.58. The second-order valence-electron chi connectivity index (χ2n) is 4.36. The highest BCUT2D eigenvalue weighted by molar-refractivity contribution is 14.1. The molecule has 22 heavy (non-hydrogen) atoms. The quantitative estimate of drug-likeness (QED) is 0.689. The molecule has 0 bridgehead atoms. The van der Waals surface area contributed by atoms with E-state index in [-0.39, 0.29) is 12.6 Å². The Morgan fingerprint density at radius 3 is 2.64 bits per heavy atom. The van der Waals surface area contributed by atoms with Crippen molar-refractivity contribution >= 4 is 34.2 Å². The van der Waals surface area contributed by atoms with Crippen LogP contribution in [-0.2, 0) is 6.18 Å². The zero-order valence-electron chi connectivity index (χ0n) is 11.9. The van der Waals surface area contributed by atoms with Crippen LogP contribution in [0.3, 0.4) is 0 Å². The number of benzene rings is 1. The van der Waals surface area contributed by atoms with Crippen molar-refractivity contribution in [1.29, 1.82) is 0 Å². The van der Waals surface area contributed by atoms with E-state index >= 15 is 0 Å². The zero-order chi connectivity index (χ0) is 16.3. The summed E-state index contributed by atoms with van der Waals surface area (Å²) in [6.07, 6.45) is -3.80. The highest BCUT2D eigenvalue weighted by atomic mass is 127. The van der Waals surface area contributed by atoms with Crippen molar-refractivity contribution in [2.24, 2.45) is 0 Å². The van der Waals surface area contributed by atoms with Gasteiger partial charge in [0.15, 0.2) is 0 Å². The van der Waals surface area contributed by atoms with Crippen molar-refractivity contribution in [1.82, 2.24) is 9.97 Å². The first-order valence-electron chi connectivity index (χ1n) is 6.39. The van der Waals surface area contributed by atoms with Gasteiger partial charge in [-0.1, -0.05) is 6.07 Å². The summed E-state index contributed by atoms with van der Waals surface area (Å²) >= 11 is 2.15. The molecule has 118 valence electrons. The number of nitrogens with zero attached hydrogens (tertiary/aromatic N) is 3. The number of hydrogen-bond acceptors (Lipinski definition) is 4. The van der Waals surface area contributed by atoms with Crippen LogP contribution in [0, 0.1) is 3.57 Å². The van der Waals surface area contributed by atoms with Crippen LogP contribution in [0.15, 0.2) is 30.5 Å². The summed E-state index contributed by atoms with van der Waals surface area (Å²) in [6, 6.07) is 7.46. The Balaban J connectivity index is 2.42. The van der Waals surface area contributed by atoms with Crippen molar-refractivity contribution in [2.45, 2.75) is 13.1 Å². The molecule has 0 amide bonds. The average Bonchev–Trinajstić information content (AvgIpc) is 2.45. The smallest absolute Gasteiger partial charge is 0.423 e. The molecular formula is C14H13F3IN3O. The Kier molecular flexibility index (Phi) is 5.09. The van der Waals surface area contributed by atoms with E-state index < -0.39 is 17.6 Å².